The molecule has 15 heavy (non-hydrogen) atoms. The van der Waals surface area contributed by atoms with Gasteiger partial charge in [-0.1, -0.05) is 0 Å². The van der Waals surface area contributed by atoms with E-state index in [-0.39, 0.29) is 11.6 Å². The summed E-state index contributed by atoms with van der Waals surface area (Å²) in [4.78, 5) is 19.3. The number of hydrogen-bond acceptors (Lipinski definition) is 4. The predicted molar refractivity (Wildman–Crippen MR) is 53.3 cm³/mol. The zero-order chi connectivity index (χ0) is 10.7. The number of hydrogen-bond donors (Lipinski definition) is 1. The molecule has 1 aromatic rings. The number of carbonyl (C=O) groups excluding carboxylic acids is 1. The van der Waals surface area contributed by atoms with Crippen molar-refractivity contribution in [2.24, 2.45) is 5.73 Å². The molecule has 1 aromatic heterocycles. The Labute approximate surface area is 87.7 Å². The summed E-state index contributed by atoms with van der Waals surface area (Å²) < 4.78 is 5.35. The van der Waals surface area contributed by atoms with E-state index >= 15 is 0 Å². The second-order valence-electron chi connectivity index (χ2n) is 3.57. The van der Waals surface area contributed by atoms with Crippen molar-refractivity contribution in [2.45, 2.75) is 18.8 Å². The molecule has 5 heteroatoms. The van der Waals surface area contributed by atoms with E-state index in [0.717, 1.165) is 19.4 Å². The molecule has 1 aliphatic heterocycles. The van der Waals surface area contributed by atoms with E-state index in [9.17, 15) is 4.79 Å². The highest BCUT2D eigenvalue weighted by Crippen LogP contribution is 2.25. The molecule has 2 N–H and O–H groups in total. The summed E-state index contributed by atoms with van der Waals surface area (Å²) in [5, 5.41) is 0. The van der Waals surface area contributed by atoms with Crippen molar-refractivity contribution in [1.82, 2.24) is 9.97 Å². The minimum atomic E-state index is -0.524. The lowest BCUT2D eigenvalue weighted by molar-refractivity contribution is 0.0784. The van der Waals surface area contributed by atoms with Gasteiger partial charge in [0, 0.05) is 24.9 Å². The fourth-order valence-electron chi connectivity index (χ4n) is 1.79. The Balaban J connectivity index is 2.29. The molecule has 0 spiro atoms. The fourth-order valence-corrected chi connectivity index (χ4v) is 1.79. The molecule has 2 rings (SSSR count). The Kier molecular flexibility index (Phi) is 2.91. The van der Waals surface area contributed by atoms with Crippen LogP contribution in [0.2, 0.25) is 0 Å². The summed E-state index contributed by atoms with van der Waals surface area (Å²) in [6, 6.07) is 0. The van der Waals surface area contributed by atoms with Crippen LogP contribution in [0.15, 0.2) is 12.4 Å². The number of nitrogens with two attached hydrogens (primary N) is 1. The molecule has 0 aliphatic carbocycles. The molecule has 0 unspecified atom stereocenters. The fraction of sp³-hybridized carbons (Fsp3) is 0.500. The number of nitrogens with zero attached hydrogens (tertiary/aromatic N) is 2. The van der Waals surface area contributed by atoms with Gasteiger partial charge in [-0.3, -0.25) is 9.78 Å². The Hall–Kier alpha value is -1.49. The van der Waals surface area contributed by atoms with Crippen molar-refractivity contribution in [1.29, 1.82) is 0 Å². The number of carbonyl (C=O) groups is 1. The SMILES string of the molecule is NC(=O)c1nccnc1[C@H]1CCCOC1. The van der Waals surface area contributed by atoms with Gasteiger partial charge in [0.05, 0.1) is 12.3 Å². The van der Waals surface area contributed by atoms with Gasteiger partial charge in [-0.25, -0.2) is 4.98 Å². The van der Waals surface area contributed by atoms with Gasteiger partial charge in [0.2, 0.25) is 0 Å². The van der Waals surface area contributed by atoms with Crippen LogP contribution < -0.4 is 5.73 Å². The maximum Gasteiger partial charge on any atom is 0.269 e. The zero-order valence-electron chi connectivity index (χ0n) is 8.35. The van der Waals surface area contributed by atoms with E-state index in [1.165, 1.54) is 6.20 Å². The van der Waals surface area contributed by atoms with Crippen molar-refractivity contribution in [3.63, 3.8) is 0 Å². The molecule has 5 nitrogen and oxygen atoms in total. The Bertz CT molecular complexity index is 361. The van der Waals surface area contributed by atoms with Gasteiger partial charge in [0.15, 0.2) is 0 Å². The summed E-state index contributed by atoms with van der Waals surface area (Å²) in [7, 11) is 0. The average Bonchev–Trinajstić information content (AvgIpc) is 2.30. The third-order valence-electron chi connectivity index (χ3n) is 2.51. The molecule has 80 valence electrons. The first-order valence-electron chi connectivity index (χ1n) is 4.97. The average molecular weight is 207 g/mol. The Morgan fingerprint density at radius 3 is 2.93 bits per heavy atom. The van der Waals surface area contributed by atoms with Gasteiger partial charge in [-0.05, 0) is 12.8 Å². The normalized spacial score (nSPS) is 21.2. The van der Waals surface area contributed by atoms with Crippen molar-refractivity contribution < 1.29 is 9.53 Å². The standard InChI is InChI=1S/C10H13N3O2/c11-10(14)9-8(12-3-4-13-9)7-2-1-5-15-6-7/h3-4,7H,1-2,5-6H2,(H2,11,14)/t7-/m0/s1. The number of aromatic nitrogens is 2. The molecule has 1 atom stereocenters. The molecule has 1 saturated heterocycles. The first kappa shape index (κ1) is 10.0. The number of amides is 1. The number of primary amides is 1. The van der Waals surface area contributed by atoms with Crippen LogP contribution in [0.25, 0.3) is 0 Å². The molecule has 2 heterocycles. The van der Waals surface area contributed by atoms with E-state index in [0.29, 0.717) is 12.3 Å². The van der Waals surface area contributed by atoms with Crippen LogP contribution >= 0.6 is 0 Å². The van der Waals surface area contributed by atoms with Crippen LogP contribution in [0, 0.1) is 0 Å². The summed E-state index contributed by atoms with van der Waals surface area (Å²) in [6.07, 6.45) is 5.02. The van der Waals surface area contributed by atoms with Crippen LogP contribution in [-0.2, 0) is 4.74 Å². The third-order valence-corrected chi connectivity index (χ3v) is 2.51. The molecule has 1 fully saturated rings. The lowest BCUT2D eigenvalue weighted by atomic mass is 9.96. The molecular weight excluding hydrogens is 194 g/mol. The molecule has 1 aliphatic rings. The summed E-state index contributed by atoms with van der Waals surface area (Å²) in [5.74, 6) is -0.376. The predicted octanol–water partition coefficient (Wildman–Crippen LogP) is 0.469. The van der Waals surface area contributed by atoms with Crippen molar-refractivity contribution in [3.8, 4) is 0 Å². The first-order chi connectivity index (χ1) is 7.29. The molecular formula is C10H13N3O2. The monoisotopic (exact) mass is 207 g/mol. The van der Waals surface area contributed by atoms with Crippen LogP contribution in [0.1, 0.15) is 34.9 Å². The first-order valence-corrected chi connectivity index (χ1v) is 4.97. The lowest BCUT2D eigenvalue weighted by Gasteiger charge is -2.22. The van der Waals surface area contributed by atoms with Gasteiger partial charge in [-0.15, -0.1) is 0 Å². The highest BCUT2D eigenvalue weighted by atomic mass is 16.5. The van der Waals surface area contributed by atoms with Crippen LogP contribution in [0.5, 0.6) is 0 Å². The van der Waals surface area contributed by atoms with E-state index < -0.39 is 5.91 Å². The van der Waals surface area contributed by atoms with Gasteiger partial charge < -0.3 is 10.5 Å². The van der Waals surface area contributed by atoms with E-state index in [4.69, 9.17) is 10.5 Å². The number of ether oxygens (including phenoxy) is 1. The quantitative estimate of drug-likeness (QED) is 0.764. The largest absolute Gasteiger partial charge is 0.381 e. The second kappa shape index (κ2) is 4.35. The molecule has 1 amide bonds. The van der Waals surface area contributed by atoms with E-state index in [1.54, 1.807) is 6.20 Å². The highest BCUT2D eigenvalue weighted by molar-refractivity contribution is 5.91. The molecule has 0 saturated carbocycles. The Morgan fingerprint density at radius 2 is 2.27 bits per heavy atom. The van der Waals surface area contributed by atoms with Crippen LogP contribution in [0.4, 0.5) is 0 Å². The maximum atomic E-state index is 11.1. The lowest BCUT2D eigenvalue weighted by Crippen LogP contribution is -2.23. The van der Waals surface area contributed by atoms with Gasteiger partial charge in [-0.2, -0.15) is 0 Å². The third kappa shape index (κ3) is 2.12. The summed E-state index contributed by atoms with van der Waals surface area (Å²) in [5.41, 5.74) is 6.18. The zero-order valence-corrected chi connectivity index (χ0v) is 8.35. The molecule has 0 bridgehead atoms. The minimum absolute atomic E-state index is 0.148. The van der Waals surface area contributed by atoms with Crippen molar-refractivity contribution in [2.75, 3.05) is 13.2 Å². The summed E-state index contributed by atoms with van der Waals surface area (Å²) in [6.45, 7) is 1.38. The van der Waals surface area contributed by atoms with Crippen LogP contribution in [0.3, 0.4) is 0 Å². The number of rotatable bonds is 2. The maximum absolute atomic E-state index is 11.1. The van der Waals surface area contributed by atoms with Crippen LogP contribution in [-0.4, -0.2) is 29.1 Å². The van der Waals surface area contributed by atoms with Gasteiger partial charge in [0.1, 0.15) is 5.69 Å². The smallest absolute Gasteiger partial charge is 0.269 e. The molecule has 0 radical (unpaired) electrons. The van der Waals surface area contributed by atoms with E-state index in [1.807, 2.05) is 0 Å². The minimum Gasteiger partial charge on any atom is -0.381 e. The Morgan fingerprint density at radius 1 is 1.47 bits per heavy atom. The van der Waals surface area contributed by atoms with Gasteiger partial charge >= 0.3 is 0 Å². The van der Waals surface area contributed by atoms with E-state index in [2.05, 4.69) is 9.97 Å². The summed E-state index contributed by atoms with van der Waals surface area (Å²) >= 11 is 0. The van der Waals surface area contributed by atoms with Crippen molar-refractivity contribution >= 4 is 5.91 Å². The molecule has 0 aromatic carbocycles. The topological polar surface area (TPSA) is 78.1 Å². The van der Waals surface area contributed by atoms with Gasteiger partial charge in [0.25, 0.3) is 5.91 Å². The highest BCUT2D eigenvalue weighted by Gasteiger charge is 2.22. The van der Waals surface area contributed by atoms with Crippen molar-refractivity contribution in [3.05, 3.63) is 23.8 Å². The second-order valence-corrected chi connectivity index (χ2v) is 3.57.